The molecule has 0 aliphatic rings. The number of aromatic amines is 1. The number of hydrogen-bond donors (Lipinski definition) is 2. The molecule has 3 aromatic rings. The van der Waals surface area contributed by atoms with Gasteiger partial charge in [0.25, 0.3) is 11.6 Å². The number of ether oxygens (including phenoxy) is 1. The van der Waals surface area contributed by atoms with E-state index in [0.29, 0.717) is 23.4 Å². The summed E-state index contributed by atoms with van der Waals surface area (Å²) in [6, 6.07) is 13.4. The maximum Gasteiger partial charge on any atom is 0.289 e. The lowest BCUT2D eigenvalue weighted by Crippen LogP contribution is -2.19. The summed E-state index contributed by atoms with van der Waals surface area (Å²) in [6.07, 6.45) is 1.34. The van der Waals surface area contributed by atoms with Gasteiger partial charge in [-0.25, -0.2) is 5.43 Å². The Balaban J connectivity index is 1.70. The highest BCUT2D eigenvalue weighted by atomic mass is 16.6. The van der Waals surface area contributed by atoms with Crippen molar-refractivity contribution in [2.45, 2.75) is 13.8 Å². The molecule has 1 aromatic heterocycles. The average molecular weight is 393 g/mol. The van der Waals surface area contributed by atoms with E-state index in [1.54, 1.807) is 19.1 Å². The Kier molecular flexibility index (Phi) is 5.98. The number of non-ortho nitro benzene ring substituents is 1. The molecule has 0 fully saturated rings. The highest BCUT2D eigenvalue weighted by Gasteiger charge is 2.16. The fourth-order valence-electron chi connectivity index (χ4n) is 2.72. The molecule has 148 valence electrons. The molecule has 1 heterocycles. The van der Waals surface area contributed by atoms with Crippen molar-refractivity contribution in [3.63, 3.8) is 0 Å². The number of amides is 1. The molecule has 2 aromatic carbocycles. The first-order chi connectivity index (χ1) is 14.0. The zero-order chi connectivity index (χ0) is 20.8. The lowest BCUT2D eigenvalue weighted by atomic mass is 10.1. The summed E-state index contributed by atoms with van der Waals surface area (Å²) in [5.41, 5.74) is 5.30. The molecule has 9 nitrogen and oxygen atoms in total. The molecular formula is C20H19N5O4. The Hall–Kier alpha value is -4.01. The SMILES string of the molecule is CCOc1ccc(-c2n[nH]c(C(=O)N/N=C\c3cccc([N+](=O)[O-])c3)c2C)cc1. The minimum absolute atomic E-state index is 0.0512. The van der Waals surface area contributed by atoms with Gasteiger partial charge in [0.15, 0.2) is 0 Å². The summed E-state index contributed by atoms with van der Waals surface area (Å²) in [7, 11) is 0. The van der Waals surface area contributed by atoms with Gasteiger partial charge in [-0.2, -0.15) is 10.2 Å². The van der Waals surface area contributed by atoms with Gasteiger partial charge in [0.1, 0.15) is 11.4 Å². The van der Waals surface area contributed by atoms with E-state index in [0.717, 1.165) is 11.3 Å². The molecule has 0 bridgehead atoms. The zero-order valence-corrected chi connectivity index (χ0v) is 15.9. The van der Waals surface area contributed by atoms with Gasteiger partial charge in [0.05, 0.1) is 23.4 Å². The number of nitro groups is 1. The number of nitrogens with zero attached hydrogens (tertiary/aromatic N) is 3. The number of aromatic nitrogens is 2. The first-order valence-electron chi connectivity index (χ1n) is 8.85. The van der Waals surface area contributed by atoms with Crippen molar-refractivity contribution < 1.29 is 14.5 Å². The van der Waals surface area contributed by atoms with Crippen LogP contribution in [0.15, 0.2) is 53.6 Å². The van der Waals surface area contributed by atoms with E-state index in [1.807, 2.05) is 31.2 Å². The number of hydrazone groups is 1. The molecule has 0 atom stereocenters. The third-order valence-corrected chi connectivity index (χ3v) is 4.14. The fraction of sp³-hybridized carbons (Fsp3) is 0.150. The first kappa shape index (κ1) is 19.7. The van der Waals surface area contributed by atoms with Crippen molar-refractivity contribution in [2.75, 3.05) is 6.61 Å². The predicted molar refractivity (Wildman–Crippen MR) is 108 cm³/mol. The van der Waals surface area contributed by atoms with Gasteiger partial charge in [0, 0.05) is 28.8 Å². The van der Waals surface area contributed by atoms with Gasteiger partial charge in [0.2, 0.25) is 0 Å². The Labute approximate surface area is 166 Å². The van der Waals surface area contributed by atoms with E-state index in [1.165, 1.54) is 18.3 Å². The maximum absolute atomic E-state index is 12.4. The Morgan fingerprint density at radius 1 is 1.31 bits per heavy atom. The first-order valence-corrected chi connectivity index (χ1v) is 8.85. The normalized spacial score (nSPS) is 10.8. The molecular weight excluding hydrogens is 374 g/mol. The van der Waals surface area contributed by atoms with Crippen molar-refractivity contribution in [3.8, 4) is 17.0 Å². The second kappa shape index (κ2) is 8.79. The van der Waals surface area contributed by atoms with Crippen LogP contribution in [0.25, 0.3) is 11.3 Å². The van der Waals surface area contributed by atoms with Gasteiger partial charge in [-0.1, -0.05) is 12.1 Å². The van der Waals surface area contributed by atoms with Gasteiger partial charge >= 0.3 is 0 Å². The van der Waals surface area contributed by atoms with Crippen molar-refractivity contribution >= 4 is 17.8 Å². The number of hydrogen-bond acceptors (Lipinski definition) is 6. The molecule has 0 aliphatic heterocycles. The molecule has 0 unspecified atom stereocenters. The molecule has 0 aliphatic carbocycles. The van der Waals surface area contributed by atoms with Crippen LogP contribution in [0, 0.1) is 17.0 Å². The summed E-state index contributed by atoms with van der Waals surface area (Å²) in [6.45, 7) is 4.29. The lowest BCUT2D eigenvalue weighted by molar-refractivity contribution is -0.384. The van der Waals surface area contributed by atoms with Crippen LogP contribution in [0.2, 0.25) is 0 Å². The highest BCUT2D eigenvalue weighted by molar-refractivity contribution is 5.96. The maximum atomic E-state index is 12.4. The van der Waals surface area contributed by atoms with Crippen LogP contribution in [0.5, 0.6) is 5.75 Å². The largest absolute Gasteiger partial charge is 0.494 e. The number of rotatable bonds is 7. The summed E-state index contributed by atoms with van der Waals surface area (Å²) < 4.78 is 5.43. The minimum atomic E-state index is -0.494. The second-order valence-electron chi connectivity index (χ2n) is 6.08. The van der Waals surface area contributed by atoms with E-state index in [9.17, 15) is 14.9 Å². The summed E-state index contributed by atoms with van der Waals surface area (Å²) in [5, 5.41) is 21.6. The van der Waals surface area contributed by atoms with Crippen LogP contribution in [-0.2, 0) is 0 Å². The lowest BCUT2D eigenvalue weighted by Gasteiger charge is -2.04. The molecule has 0 radical (unpaired) electrons. The molecule has 9 heteroatoms. The second-order valence-corrected chi connectivity index (χ2v) is 6.08. The minimum Gasteiger partial charge on any atom is -0.494 e. The third kappa shape index (κ3) is 4.64. The van der Waals surface area contributed by atoms with Crippen molar-refractivity contribution in [3.05, 3.63) is 75.5 Å². The van der Waals surface area contributed by atoms with Crippen molar-refractivity contribution in [1.82, 2.24) is 15.6 Å². The Bertz CT molecular complexity index is 1060. The topological polar surface area (TPSA) is 123 Å². The summed E-state index contributed by atoms with van der Waals surface area (Å²) >= 11 is 0. The van der Waals surface area contributed by atoms with E-state index in [2.05, 4.69) is 20.7 Å². The quantitative estimate of drug-likeness (QED) is 0.362. The monoisotopic (exact) mass is 393 g/mol. The Morgan fingerprint density at radius 2 is 2.07 bits per heavy atom. The molecule has 3 rings (SSSR count). The average Bonchev–Trinajstić information content (AvgIpc) is 3.10. The van der Waals surface area contributed by atoms with E-state index in [-0.39, 0.29) is 11.4 Å². The standard InChI is InChI=1S/C20H19N5O4/c1-3-29-17-9-7-15(8-10-17)18-13(2)19(23-22-18)20(26)24-21-12-14-5-4-6-16(11-14)25(27)28/h4-12H,3H2,1-2H3,(H,22,23)(H,24,26)/b21-12-. The van der Waals surface area contributed by atoms with Crippen LogP contribution < -0.4 is 10.2 Å². The van der Waals surface area contributed by atoms with Crippen LogP contribution in [0.4, 0.5) is 5.69 Å². The number of nitro benzene ring substituents is 1. The smallest absolute Gasteiger partial charge is 0.289 e. The predicted octanol–water partition coefficient (Wildman–Crippen LogP) is 3.46. The summed E-state index contributed by atoms with van der Waals surface area (Å²) in [5.74, 6) is 0.298. The summed E-state index contributed by atoms with van der Waals surface area (Å²) in [4.78, 5) is 22.7. The van der Waals surface area contributed by atoms with Gasteiger partial charge < -0.3 is 4.74 Å². The molecule has 0 spiro atoms. The van der Waals surface area contributed by atoms with Gasteiger partial charge in [-0.15, -0.1) is 0 Å². The molecule has 1 amide bonds. The number of carbonyl (C=O) groups excluding carboxylic acids is 1. The number of nitrogens with one attached hydrogen (secondary N) is 2. The van der Waals surface area contributed by atoms with Crippen molar-refractivity contribution in [2.24, 2.45) is 5.10 Å². The molecule has 2 N–H and O–H groups in total. The van der Waals surface area contributed by atoms with E-state index < -0.39 is 10.8 Å². The third-order valence-electron chi connectivity index (χ3n) is 4.14. The van der Waals surface area contributed by atoms with Crippen LogP contribution >= 0.6 is 0 Å². The number of benzene rings is 2. The molecule has 0 saturated heterocycles. The number of carbonyl (C=O) groups is 1. The van der Waals surface area contributed by atoms with E-state index in [4.69, 9.17) is 4.74 Å². The highest BCUT2D eigenvalue weighted by Crippen LogP contribution is 2.25. The zero-order valence-electron chi connectivity index (χ0n) is 15.9. The van der Waals surface area contributed by atoms with Gasteiger partial charge in [-0.3, -0.25) is 20.0 Å². The fourth-order valence-corrected chi connectivity index (χ4v) is 2.72. The molecule has 29 heavy (non-hydrogen) atoms. The van der Waals surface area contributed by atoms with Crippen LogP contribution in [-0.4, -0.2) is 33.8 Å². The Morgan fingerprint density at radius 3 is 2.76 bits per heavy atom. The molecule has 0 saturated carbocycles. The van der Waals surface area contributed by atoms with Crippen LogP contribution in [0.1, 0.15) is 28.5 Å². The van der Waals surface area contributed by atoms with Crippen LogP contribution in [0.3, 0.4) is 0 Å². The van der Waals surface area contributed by atoms with E-state index >= 15 is 0 Å². The van der Waals surface area contributed by atoms with Crippen molar-refractivity contribution in [1.29, 1.82) is 0 Å². The number of H-pyrrole nitrogens is 1. The van der Waals surface area contributed by atoms with Gasteiger partial charge in [-0.05, 0) is 38.1 Å².